The highest BCUT2D eigenvalue weighted by atomic mass is 16.5. The number of ether oxygens (including phenoxy) is 1. The first-order chi connectivity index (χ1) is 24.8. The lowest BCUT2D eigenvalue weighted by Gasteiger charge is -2.38. The standard InChI is InChI=1S/C41H49N5O5/c1-51-37-25-32(23-30-26-46(41(50)39(30)37)36-11-12-38(48)42-40(36)49)45-21-19-43(20-22-45)16-13-27-14-17-44(18-15-27)31-7-5-28(6-8-31)34-4-2-3-29-24-33(47)9-10-35(29)34/h5-10,23-25,27,34,36,47H,2-4,11-22,26H2,1H3,(H,42,48,49)/t34-,36?/m0/s1. The molecule has 8 rings (SSSR count). The van der Waals surface area contributed by atoms with Crippen molar-refractivity contribution in [1.29, 1.82) is 0 Å². The van der Waals surface area contributed by atoms with E-state index in [1.54, 1.807) is 12.0 Å². The summed E-state index contributed by atoms with van der Waals surface area (Å²) in [5, 5.41) is 12.3. The molecule has 0 saturated carbocycles. The molecule has 3 aromatic rings. The van der Waals surface area contributed by atoms with E-state index in [-0.39, 0.29) is 18.2 Å². The molecule has 268 valence electrons. The Bertz CT molecular complexity index is 1790. The van der Waals surface area contributed by atoms with E-state index in [0.717, 1.165) is 82.2 Å². The number of fused-ring (bicyclic) bond motifs is 2. The van der Waals surface area contributed by atoms with E-state index in [9.17, 15) is 19.5 Å². The molecule has 2 atom stereocenters. The summed E-state index contributed by atoms with van der Waals surface area (Å²) in [7, 11) is 1.59. The van der Waals surface area contributed by atoms with Gasteiger partial charge in [-0.1, -0.05) is 18.2 Å². The van der Waals surface area contributed by atoms with Crippen molar-refractivity contribution in [3.63, 3.8) is 0 Å². The molecule has 1 aliphatic carbocycles. The molecule has 5 aliphatic rings. The van der Waals surface area contributed by atoms with Crippen LogP contribution in [-0.4, -0.2) is 91.6 Å². The van der Waals surface area contributed by atoms with Crippen molar-refractivity contribution >= 4 is 29.1 Å². The highest BCUT2D eigenvalue weighted by molar-refractivity contribution is 6.06. The second-order valence-electron chi connectivity index (χ2n) is 15.0. The molecule has 1 unspecified atom stereocenters. The summed E-state index contributed by atoms with van der Waals surface area (Å²) >= 11 is 0. The first kappa shape index (κ1) is 33.6. The molecule has 10 heteroatoms. The molecule has 0 spiro atoms. The van der Waals surface area contributed by atoms with Crippen LogP contribution in [0.25, 0.3) is 0 Å². The van der Waals surface area contributed by atoms with Gasteiger partial charge in [0.2, 0.25) is 11.8 Å². The fraction of sp³-hybridized carbons (Fsp3) is 0.488. The maximum Gasteiger partial charge on any atom is 0.258 e. The van der Waals surface area contributed by atoms with E-state index in [4.69, 9.17) is 4.74 Å². The number of aryl methyl sites for hydroxylation is 1. The van der Waals surface area contributed by atoms with Crippen LogP contribution in [0.2, 0.25) is 0 Å². The molecule has 2 N–H and O–H groups in total. The maximum absolute atomic E-state index is 13.4. The summed E-state index contributed by atoms with van der Waals surface area (Å²) in [5.74, 6) is 1.18. The molecule has 0 radical (unpaired) electrons. The third-order valence-corrected chi connectivity index (χ3v) is 12.1. The number of hydrogen-bond acceptors (Lipinski definition) is 8. The number of aromatic hydroxyl groups is 1. The van der Waals surface area contributed by atoms with Crippen LogP contribution in [0.4, 0.5) is 11.4 Å². The van der Waals surface area contributed by atoms with Crippen molar-refractivity contribution in [3.05, 3.63) is 82.4 Å². The first-order valence-electron chi connectivity index (χ1n) is 18.8. The molecule has 3 amide bonds. The number of hydrogen-bond donors (Lipinski definition) is 2. The minimum atomic E-state index is -0.638. The lowest BCUT2D eigenvalue weighted by molar-refractivity contribution is -0.136. The van der Waals surface area contributed by atoms with Gasteiger partial charge in [0.25, 0.3) is 5.91 Å². The average Bonchev–Trinajstić information content (AvgIpc) is 3.49. The number of methoxy groups -OCH3 is 1. The molecule has 3 saturated heterocycles. The SMILES string of the molecule is COc1cc(N2CCN(CCC3CCN(c4ccc([C@@H]5CCCc6cc(O)ccc65)cc4)CC3)CC2)cc2c1C(=O)N(C1CCC(=O)NC1=O)C2. The van der Waals surface area contributed by atoms with E-state index in [1.807, 2.05) is 18.2 Å². The molecule has 10 nitrogen and oxygen atoms in total. The molecule has 51 heavy (non-hydrogen) atoms. The van der Waals surface area contributed by atoms with Crippen LogP contribution in [-0.2, 0) is 22.6 Å². The van der Waals surface area contributed by atoms with Crippen molar-refractivity contribution in [3.8, 4) is 11.5 Å². The van der Waals surface area contributed by atoms with Gasteiger partial charge in [0.15, 0.2) is 0 Å². The summed E-state index contributed by atoms with van der Waals surface area (Å²) in [6, 6.07) is 18.6. The Morgan fingerprint density at radius 2 is 1.57 bits per heavy atom. The van der Waals surface area contributed by atoms with Crippen LogP contribution in [0.15, 0.2) is 54.6 Å². The smallest absolute Gasteiger partial charge is 0.258 e. The van der Waals surface area contributed by atoms with E-state index in [2.05, 4.69) is 56.4 Å². The number of carbonyl (C=O) groups excluding carboxylic acids is 3. The van der Waals surface area contributed by atoms with E-state index in [0.29, 0.717) is 35.9 Å². The number of phenolic OH excluding ortho intramolecular Hbond substituents is 1. The number of nitrogens with zero attached hydrogens (tertiary/aromatic N) is 4. The zero-order valence-corrected chi connectivity index (χ0v) is 29.6. The molecule has 0 bridgehead atoms. The number of amides is 3. The summed E-state index contributed by atoms with van der Waals surface area (Å²) in [5.41, 5.74) is 7.82. The van der Waals surface area contributed by atoms with Gasteiger partial charge in [0.1, 0.15) is 17.5 Å². The molecule has 4 aliphatic heterocycles. The van der Waals surface area contributed by atoms with Crippen molar-refractivity contribution in [1.82, 2.24) is 15.1 Å². The number of piperazine rings is 1. The van der Waals surface area contributed by atoms with E-state index < -0.39 is 11.9 Å². The monoisotopic (exact) mass is 691 g/mol. The number of benzene rings is 3. The van der Waals surface area contributed by atoms with Gasteiger partial charge in [-0.25, -0.2) is 0 Å². The minimum absolute atomic E-state index is 0.208. The predicted molar refractivity (Wildman–Crippen MR) is 197 cm³/mol. The molecule has 3 aromatic carbocycles. The number of imide groups is 1. The Balaban J connectivity index is 0.807. The van der Waals surface area contributed by atoms with Crippen LogP contribution >= 0.6 is 0 Å². The highest BCUT2D eigenvalue weighted by Gasteiger charge is 2.41. The summed E-state index contributed by atoms with van der Waals surface area (Å²) in [4.78, 5) is 46.7. The Morgan fingerprint density at radius 1 is 0.804 bits per heavy atom. The molecule has 0 aromatic heterocycles. The lowest BCUT2D eigenvalue weighted by Crippen LogP contribution is -2.52. The van der Waals surface area contributed by atoms with Gasteiger partial charge in [0.05, 0.1) is 12.7 Å². The van der Waals surface area contributed by atoms with Crippen molar-refractivity contribution in [2.45, 2.75) is 69.9 Å². The third kappa shape index (κ3) is 6.78. The van der Waals surface area contributed by atoms with Gasteiger partial charge >= 0.3 is 0 Å². The van der Waals surface area contributed by atoms with Gasteiger partial charge in [-0.3, -0.25) is 24.6 Å². The number of nitrogens with one attached hydrogen (secondary N) is 1. The van der Waals surface area contributed by atoms with E-state index >= 15 is 0 Å². The normalized spacial score (nSPS) is 22.9. The zero-order chi connectivity index (χ0) is 35.1. The van der Waals surface area contributed by atoms with Crippen LogP contribution in [0.1, 0.15) is 83.5 Å². The van der Waals surface area contributed by atoms with Gasteiger partial charge < -0.3 is 24.5 Å². The van der Waals surface area contributed by atoms with Gasteiger partial charge in [0, 0.05) is 75.6 Å². The van der Waals surface area contributed by atoms with Crippen molar-refractivity contribution < 1.29 is 24.2 Å². The maximum atomic E-state index is 13.4. The van der Waals surface area contributed by atoms with Crippen molar-refractivity contribution in [2.75, 3.05) is 62.7 Å². The Kier molecular flexibility index (Phi) is 9.36. The van der Waals surface area contributed by atoms with E-state index in [1.165, 1.54) is 41.6 Å². The van der Waals surface area contributed by atoms with Gasteiger partial charge in [-0.15, -0.1) is 0 Å². The zero-order valence-electron chi connectivity index (χ0n) is 29.6. The number of anilines is 2. The molecule has 4 heterocycles. The Hall–Kier alpha value is -4.57. The van der Waals surface area contributed by atoms with Crippen LogP contribution in [0.3, 0.4) is 0 Å². The molecular formula is C41H49N5O5. The largest absolute Gasteiger partial charge is 0.508 e. The Morgan fingerprint density at radius 3 is 2.31 bits per heavy atom. The van der Waals surface area contributed by atoms with Crippen molar-refractivity contribution in [2.24, 2.45) is 5.92 Å². The first-order valence-corrected chi connectivity index (χ1v) is 18.8. The topological polar surface area (TPSA) is 106 Å². The summed E-state index contributed by atoms with van der Waals surface area (Å²) in [6.45, 7) is 7.50. The predicted octanol–water partition coefficient (Wildman–Crippen LogP) is 5.06. The Labute approximate surface area is 300 Å². The average molecular weight is 692 g/mol. The highest BCUT2D eigenvalue weighted by Crippen LogP contribution is 2.40. The minimum Gasteiger partial charge on any atom is -0.508 e. The quantitative estimate of drug-likeness (QED) is 0.316. The number of phenols is 1. The van der Waals surface area contributed by atoms with Gasteiger partial charge in [-0.2, -0.15) is 0 Å². The van der Waals surface area contributed by atoms with Crippen LogP contribution in [0.5, 0.6) is 11.5 Å². The lowest BCUT2D eigenvalue weighted by atomic mass is 9.79. The van der Waals surface area contributed by atoms with Crippen LogP contribution < -0.4 is 19.9 Å². The molecule has 3 fully saturated rings. The second kappa shape index (κ2) is 14.2. The third-order valence-electron chi connectivity index (χ3n) is 12.1. The van der Waals surface area contributed by atoms with Crippen LogP contribution in [0, 0.1) is 5.92 Å². The molecular weight excluding hydrogens is 642 g/mol. The summed E-state index contributed by atoms with van der Waals surface area (Å²) < 4.78 is 5.70. The number of rotatable bonds is 8. The van der Waals surface area contributed by atoms with Gasteiger partial charge in [-0.05, 0) is 110 Å². The fourth-order valence-corrected chi connectivity index (χ4v) is 9.14. The fourth-order valence-electron chi connectivity index (χ4n) is 9.14. The number of carbonyl (C=O) groups is 3. The number of piperidine rings is 2. The summed E-state index contributed by atoms with van der Waals surface area (Å²) in [6.07, 6.45) is 7.64. The second-order valence-corrected chi connectivity index (χ2v) is 15.0.